The van der Waals surface area contributed by atoms with Crippen LogP contribution in [0.1, 0.15) is 43.9 Å². The Hall–Kier alpha value is -3.17. The lowest BCUT2D eigenvalue weighted by atomic mass is 10.0. The molecule has 10 heteroatoms. The summed E-state index contributed by atoms with van der Waals surface area (Å²) in [5.74, 6) is 1.49. The van der Waals surface area contributed by atoms with Crippen LogP contribution in [0.3, 0.4) is 0 Å². The van der Waals surface area contributed by atoms with Crippen LogP contribution < -0.4 is 5.32 Å². The average Bonchev–Trinajstić information content (AvgIpc) is 3.68. The topological polar surface area (TPSA) is 98.9 Å². The molecule has 8 nitrogen and oxygen atoms in total. The van der Waals surface area contributed by atoms with E-state index < -0.39 is 0 Å². The van der Waals surface area contributed by atoms with Crippen LogP contribution in [-0.2, 0) is 16.1 Å². The summed E-state index contributed by atoms with van der Waals surface area (Å²) in [5.41, 5.74) is 5.64. The minimum atomic E-state index is -0.122. The molecule has 0 unspecified atom stereocenters. The van der Waals surface area contributed by atoms with Gasteiger partial charge < -0.3 is 24.9 Å². The number of aromatic nitrogens is 4. The first-order valence-electron chi connectivity index (χ1n) is 13.2. The third-order valence-corrected chi connectivity index (χ3v) is 7.49. The number of carbonyl (C=O) groups is 1. The number of nitrogens with zero attached hydrogens (tertiary/aromatic N) is 3. The van der Waals surface area contributed by atoms with E-state index in [1.165, 1.54) is 7.11 Å². The molecule has 204 valence electrons. The number of methoxy groups -OCH3 is 1. The Morgan fingerprint density at radius 3 is 2.18 bits per heavy atom. The van der Waals surface area contributed by atoms with Gasteiger partial charge in [-0.2, -0.15) is 0 Å². The van der Waals surface area contributed by atoms with E-state index in [-0.39, 0.29) is 18.6 Å². The normalized spacial score (nSPS) is 15.3. The molecule has 0 spiro atoms. The van der Waals surface area contributed by atoms with Gasteiger partial charge in [0.25, 0.3) is 0 Å². The van der Waals surface area contributed by atoms with Crippen molar-refractivity contribution in [3.8, 4) is 33.6 Å². The molecule has 0 bridgehead atoms. The number of imidazole rings is 2. The highest BCUT2D eigenvalue weighted by Crippen LogP contribution is 2.35. The number of hydrogen-bond donors (Lipinski definition) is 3. The predicted molar refractivity (Wildman–Crippen MR) is 155 cm³/mol. The second kappa shape index (κ2) is 12.3. The van der Waals surface area contributed by atoms with Crippen LogP contribution in [0.5, 0.6) is 0 Å². The highest BCUT2D eigenvalue weighted by molar-refractivity contribution is 6.32. The summed E-state index contributed by atoms with van der Waals surface area (Å²) in [6.45, 7) is 4.48. The van der Waals surface area contributed by atoms with Gasteiger partial charge in [-0.3, -0.25) is 4.79 Å². The zero-order chi connectivity index (χ0) is 27.4. The van der Waals surface area contributed by atoms with Crippen LogP contribution in [-0.4, -0.2) is 57.5 Å². The molecule has 1 fully saturated rings. The van der Waals surface area contributed by atoms with Crippen LogP contribution >= 0.6 is 23.2 Å². The van der Waals surface area contributed by atoms with Crippen LogP contribution in [0.15, 0.2) is 48.5 Å². The molecule has 5 rings (SSSR count). The molecule has 0 radical (unpaired) electrons. The second-order valence-corrected chi connectivity index (χ2v) is 10.4. The summed E-state index contributed by atoms with van der Waals surface area (Å²) in [6, 6.07) is 16.3. The van der Waals surface area contributed by atoms with Gasteiger partial charge in [-0.15, -0.1) is 0 Å². The monoisotopic (exact) mass is 566 g/mol. The van der Waals surface area contributed by atoms with Gasteiger partial charge in [-0.1, -0.05) is 78.7 Å². The fraction of sp³-hybridized carbons (Fsp3) is 0.345. The zero-order valence-corrected chi connectivity index (χ0v) is 23.6. The van der Waals surface area contributed by atoms with Gasteiger partial charge in [-0.05, 0) is 36.9 Å². The molecular weight excluding hydrogens is 535 g/mol. The molecule has 1 aliphatic heterocycles. The molecule has 2 aromatic carbocycles. The van der Waals surface area contributed by atoms with Crippen molar-refractivity contribution in [3.05, 3.63) is 70.5 Å². The fourth-order valence-electron chi connectivity index (χ4n) is 4.99. The molecule has 1 aliphatic rings. The first kappa shape index (κ1) is 27.4. The van der Waals surface area contributed by atoms with Crippen molar-refractivity contribution in [3.63, 3.8) is 0 Å². The molecule has 0 aliphatic carbocycles. The second-order valence-electron chi connectivity index (χ2n) is 9.65. The maximum atomic E-state index is 12.4. The SMILES string of the molecule is CCCNCc1nc(Cl)c(-c2ccc(-c3ccc(-c4[nH]c([C@@H]5CCCN5C(=O)COC)nc4Cl)cc3)cc2)[nH]1. The van der Waals surface area contributed by atoms with Crippen LogP contribution in [0.2, 0.25) is 10.3 Å². The standard InChI is InChI=1S/C29H32Cl2N6O2/c1-3-14-32-16-23-33-25(27(30)34-23)20-10-6-18(7-11-20)19-8-12-21(13-9-19)26-28(31)36-29(35-26)22-5-4-15-37(22)24(38)17-39-2/h6-13,22,32H,3-5,14-17H2,1-2H3,(H,33,34)(H,35,36)/t22-/m0/s1. The van der Waals surface area contributed by atoms with Gasteiger partial charge in [0.2, 0.25) is 5.91 Å². The van der Waals surface area contributed by atoms with E-state index in [0.29, 0.717) is 29.2 Å². The number of carbonyl (C=O) groups excluding carboxylic acids is 1. The van der Waals surface area contributed by atoms with Gasteiger partial charge in [0, 0.05) is 24.8 Å². The number of nitrogens with one attached hydrogen (secondary N) is 3. The Balaban J connectivity index is 1.30. The first-order valence-corrected chi connectivity index (χ1v) is 13.9. The summed E-state index contributed by atoms with van der Waals surface area (Å²) >= 11 is 12.9. The van der Waals surface area contributed by atoms with Gasteiger partial charge >= 0.3 is 0 Å². The van der Waals surface area contributed by atoms with Crippen molar-refractivity contribution < 1.29 is 9.53 Å². The Morgan fingerprint density at radius 1 is 0.974 bits per heavy atom. The summed E-state index contributed by atoms with van der Waals surface area (Å²) in [6.07, 6.45) is 2.83. The quantitative estimate of drug-likeness (QED) is 0.197. The molecule has 1 saturated heterocycles. The van der Waals surface area contributed by atoms with Crippen molar-refractivity contribution in [1.29, 1.82) is 0 Å². The third kappa shape index (κ3) is 6.04. The number of hydrogen-bond acceptors (Lipinski definition) is 5. The van der Waals surface area contributed by atoms with E-state index in [1.54, 1.807) is 0 Å². The van der Waals surface area contributed by atoms with Crippen molar-refractivity contribution in [2.24, 2.45) is 0 Å². The lowest BCUT2D eigenvalue weighted by Crippen LogP contribution is -2.33. The van der Waals surface area contributed by atoms with Gasteiger partial charge in [0.15, 0.2) is 10.3 Å². The summed E-state index contributed by atoms with van der Waals surface area (Å²) in [4.78, 5) is 30.0. The summed E-state index contributed by atoms with van der Waals surface area (Å²) in [5, 5.41) is 4.20. The largest absolute Gasteiger partial charge is 0.375 e. The average molecular weight is 568 g/mol. The molecule has 1 amide bonds. The lowest BCUT2D eigenvalue weighted by Gasteiger charge is -2.22. The van der Waals surface area contributed by atoms with Crippen LogP contribution in [0.25, 0.3) is 33.6 Å². The van der Waals surface area contributed by atoms with Crippen LogP contribution in [0, 0.1) is 0 Å². The maximum absolute atomic E-state index is 12.4. The number of H-pyrrole nitrogens is 2. The number of likely N-dealkylation sites (tertiary alicyclic amines) is 1. The van der Waals surface area contributed by atoms with E-state index in [9.17, 15) is 4.79 Å². The predicted octanol–water partition coefficient (Wildman–Crippen LogP) is 6.25. The van der Waals surface area contributed by atoms with Crippen LogP contribution in [0.4, 0.5) is 0 Å². The number of rotatable bonds is 10. The Bertz CT molecular complexity index is 1410. The Morgan fingerprint density at radius 2 is 1.56 bits per heavy atom. The lowest BCUT2D eigenvalue weighted by molar-refractivity contribution is -0.136. The van der Waals surface area contributed by atoms with Gasteiger partial charge in [0.05, 0.1) is 24.0 Å². The molecule has 3 N–H and O–H groups in total. The Kier molecular flexibility index (Phi) is 8.67. The first-order chi connectivity index (χ1) is 19.0. The van der Waals surface area contributed by atoms with Crippen molar-refractivity contribution in [1.82, 2.24) is 30.2 Å². The smallest absolute Gasteiger partial charge is 0.249 e. The molecule has 4 aromatic rings. The highest BCUT2D eigenvalue weighted by Gasteiger charge is 2.32. The van der Waals surface area contributed by atoms with E-state index in [0.717, 1.165) is 65.3 Å². The minimum Gasteiger partial charge on any atom is -0.375 e. The molecule has 39 heavy (non-hydrogen) atoms. The van der Waals surface area contributed by atoms with Crippen molar-refractivity contribution >= 4 is 29.1 Å². The zero-order valence-electron chi connectivity index (χ0n) is 22.1. The number of benzene rings is 2. The molecule has 0 saturated carbocycles. The van der Waals surface area contributed by atoms with Crippen molar-refractivity contribution in [2.75, 3.05) is 26.8 Å². The summed E-state index contributed by atoms with van der Waals surface area (Å²) < 4.78 is 5.04. The third-order valence-electron chi connectivity index (χ3n) is 6.94. The van der Waals surface area contributed by atoms with Crippen molar-refractivity contribution in [2.45, 2.75) is 38.8 Å². The molecule has 3 heterocycles. The molecule has 2 aromatic heterocycles. The number of amides is 1. The number of aromatic amines is 2. The van der Waals surface area contributed by atoms with Gasteiger partial charge in [0.1, 0.15) is 18.3 Å². The molecular formula is C29H32Cl2N6O2. The summed E-state index contributed by atoms with van der Waals surface area (Å²) in [7, 11) is 1.53. The highest BCUT2D eigenvalue weighted by atomic mass is 35.5. The van der Waals surface area contributed by atoms with Gasteiger partial charge in [-0.25, -0.2) is 9.97 Å². The fourth-order valence-corrected chi connectivity index (χ4v) is 5.50. The van der Waals surface area contributed by atoms with E-state index in [2.05, 4.69) is 56.4 Å². The number of halogens is 2. The number of ether oxygens (including phenoxy) is 1. The van der Waals surface area contributed by atoms with E-state index in [4.69, 9.17) is 27.9 Å². The minimum absolute atomic E-state index is 0.0383. The van der Waals surface area contributed by atoms with E-state index in [1.807, 2.05) is 29.2 Å². The maximum Gasteiger partial charge on any atom is 0.249 e. The Labute approximate surface area is 238 Å². The van der Waals surface area contributed by atoms with E-state index >= 15 is 0 Å². The molecule has 1 atom stereocenters.